The van der Waals surface area contributed by atoms with Crippen LogP contribution in [0.5, 0.6) is 11.5 Å². The van der Waals surface area contributed by atoms with Crippen LogP contribution in [0.2, 0.25) is 5.02 Å². The zero-order valence-electron chi connectivity index (χ0n) is 17.8. The summed E-state index contributed by atoms with van der Waals surface area (Å²) in [6.45, 7) is 0.897. The molecule has 2 atom stereocenters. The third kappa shape index (κ3) is 3.94. The topological polar surface area (TPSA) is 85.3 Å². The predicted molar refractivity (Wildman–Crippen MR) is 119 cm³/mol. The molecule has 0 saturated carbocycles. The van der Waals surface area contributed by atoms with Crippen LogP contribution in [0.4, 0.5) is 0 Å². The van der Waals surface area contributed by atoms with Crippen LogP contribution in [0.25, 0.3) is 5.76 Å². The number of aliphatic hydroxyl groups is 1. The first-order chi connectivity index (χ1) is 15.5. The largest absolute Gasteiger partial charge is 0.507 e. The minimum atomic E-state index is -0.759. The van der Waals surface area contributed by atoms with Crippen LogP contribution in [0, 0.1) is 0 Å². The van der Waals surface area contributed by atoms with Gasteiger partial charge in [0.1, 0.15) is 17.3 Å². The number of rotatable bonds is 6. The Morgan fingerprint density at radius 3 is 2.50 bits per heavy atom. The van der Waals surface area contributed by atoms with E-state index in [1.165, 1.54) is 31.3 Å². The monoisotopic (exact) mass is 457 g/mol. The molecule has 2 fully saturated rings. The number of halogens is 1. The highest BCUT2D eigenvalue weighted by Gasteiger charge is 2.47. The number of aliphatic hydroxyl groups excluding tert-OH is 1. The van der Waals surface area contributed by atoms with E-state index >= 15 is 0 Å². The van der Waals surface area contributed by atoms with Crippen molar-refractivity contribution >= 4 is 29.1 Å². The first kappa shape index (κ1) is 22.2. The zero-order chi connectivity index (χ0) is 22.8. The van der Waals surface area contributed by atoms with Gasteiger partial charge in [-0.25, -0.2) is 0 Å². The Labute approximate surface area is 191 Å². The number of benzene rings is 2. The average molecular weight is 458 g/mol. The smallest absolute Gasteiger partial charge is 0.295 e. The predicted octanol–water partition coefficient (Wildman–Crippen LogP) is 3.96. The van der Waals surface area contributed by atoms with Crippen LogP contribution in [0.1, 0.15) is 30.0 Å². The number of ketones is 1. The van der Waals surface area contributed by atoms with Crippen molar-refractivity contribution in [2.24, 2.45) is 0 Å². The fourth-order valence-electron chi connectivity index (χ4n) is 4.25. The van der Waals surface area contributed by atoms with Crippen LogP contribution in [0.15, 0.2) is 48.0 Å². The Morgan fingerprint density at radius 1 is 1.16 bits per heavy atom. The number of carbonyl (C=O) groups is 2. The van der Waals surface area contributed by atoms with Gasteiger partial charge in [-0.1, -0.05) is 41.9 Å². The molecule has 7 nitrogen and oxygen atoms in total. The SMILES string of the molecule is COc1cc(/C(O)=C2\C(=O)C(=O)N(CC3CCCO3)C2c2ccccc2)c(OC)cc1Cl. The maximum atomic E-state index is 13.2. The van der Waals surface area contributed by atoms with E-state index in [1.807, 2.05) is 30.3 Å². The highest BCUT2D eigenvalue weighted by molar-refractivity contribution is 6.46. The zero-order valence-corrected chi connectivity index (χ0v) is 18.6. The van der Waals surface area contributed by atoms with Gasteiger partial charge in [-0.15, -0.1) is 0 Å². The van der Waals surface area contributed by atoms with Gasteiger partial charge in [0.05, 0.1) is 42.5 Å². The molecule has 32 heavy (non-hydrogen) atoms. The molecule has 2 aliphatic rings. The van der Waals surface area contributed by atoms with Crippen LogP contribution < -0.4 is 9.47 Å². The van der Waals surface area contributed by atoms with Gasteiger partial charge in [-0.3, -0.25) is 9.59 Å². The van der Waals surface area contributed by atoms with E-state index in [0.717, 1.165) is 12.8 Å². The van der Waals surface area contributed by atoms with Gasteiger partial charge in [-0.2, -0.15) is 0 Å². The second-order valence-corrected chi connectivity index (χ2v) is 8.09. The normalized spacial score (nSPS) is 22.4. The summed E-state index contributed by atoms with van der Waals surface area (Å²) in [7, 11) is 2.88. The summed E-state index contributed by atoms with van der Waals surface area (Å²) in [5, 5.41) is 11.6. The van der Waals surface area contributed by atoms with Gasteiger partial charge in [-0.05, 0) is 24.5 Å². The van der Waals surface area contributed by atoms with Gasteiger partial charge in [0.15, 0.2) is 0 Å². The lowest BCUT2D eigenvalue weighted by atomic mass is 9.95. The highest BCUT2D eigenvalue weighted by Crippen LogP contribution is 2.43. The van der Waals surface area contributed by atoms with Crippen LogP contribution in [-0.2, 0) is 14.3 Å². The Balaban J connectivity index is 1.88. The minimum absolute atomic E-state index is 0.0122. The fraction of sp³-hybridized carbons (Fsp3) is 0.333. The summed E-state index contributed by atoms with van der Waals surface area (Å²) in [5.74, 6) is -1.22. The standard InChI is InChI=1S/C24H24ClNO6/c1-30-18-12-17(25)19(31-2)11-16(18)22(27)20-21(14-7-4-3-5-8-14)26(24(29)23(20)28)13-15-9-6-10-32-15/h3-5,7-8,11-12,15,21,27H,6,9-10,13H2,1-2H3/b22-20+. The van der Waals surface area contributed by atoms with Crippen molar-refractivity contribution in [3.63, 3.8) is 0 Å². The molecule has 2 heterocycles. The van der Waals surface area contributed by atoms with Gasteiger partial charge in [0, 0.05) is 19.2 Å². The molecule has 2 aromatic carbocycles. The van der Waals surface area contributed by atoms with Gasteiger partial charge < -0.3 is 24.2 Å². The Bertz CT molecular complexity index is 1060. The van der Waals surface area contributed by atoms with Crippen molar-refractivity contribution in [1.29, 1.82) is 0 Å². The van der Waals surface area contributed by atoms with E-state index in [1.54, 1.807) is 0 Å². The number of likely N-dealkylation sites (tertiary alicyclic amines) is 1. The van der Waals surface area contributed by atoms with Gasteiger partial charge >= 0.3 is 0 Å². The summed E-state index contributed by atoms with van der Waals surface area (Å²) in [6.07, 6.45) is 1.57. The summed E-state index contributed by atoms with van der Waals surface area (Å²) in [6, 6.07) is 11.4. The molecule has 168 valence electrons. The lowest BCUT2D eigenvalue weighted by Crippen LogP contribution is -2.36. The van der Waals surface area contributed by atoms with E-state index in [2.05, 4.69) is 0 Å². The molecule has 2 saturated heterocycles. The van der Waals surface area contributed by atoms with Crippen LogP contribution >= 0.6 is 11.6 Å². The van der Waals surface area contributed by atoms with Crippen molar-refractivity contribution < 1.29 is 28.9 Å². The summed E-state index contributed by atoms with van der Waals surface area (Å²) < 4.78 is 16.4. The summed E-state index contributed by atoms with van der Waals surface area (Å²) in [5.41, 5.74) is 0.915. The first-order valence-electron chi connectivity index (χ1n) is 10.3. The van der Waals surface area contributed by atoms with Crippen molar-refractivity contribution in [1.82, 2.24) is 4.90 Å². The van der Waals surface area contributed by atoms with Crippen LogP contribution in [-0.4, -0.2) is 55.2 Å². The highest BCUT2D eigenvalue weighted by atomic mass is 35.5. The molecule has 4 rings (SSSR count). The number of hydrogen-bond acceptors (Lipinski definition) is 6. The van der Waals surface area contributed by atoms with Gasteiger partial charge in [0.25, 0.3) is 11.7 Å². The maximum absolute atomic E-state index is 13.2. The number of ether oxygens (including phenoxy) is 3. The molecule has 0 bridgehead atoms. The number of carbonyl (C=O) groups excluding carboxylic acids is 2. The number of methoxy groups -OCH3 is 2. The number of amides is 1. The second-order valence-electron chi connectivity index (χ2n) is 7.68. The summed E-state index contributed by atoms with van der Waals surface area (Å²) >= 11 is 6.19. The number of Topliss-reactive ketones (excluding diaryl/α,β-unsaturated/α-hetero) is 1. The van der Waals surface area contributed by atoms with Gasteiger partial charge in [0.2, 0.25) is 0 Å². The van der Waals surface area contributed by atoms with E-state index in [9.17, 15) is 14.7 Å². The molecule has 0 spiro atoms. The lowest BCUT2D eigenvalue weighted by molar-refractivity contribution is -0.140. The van der Waals surface area contributed by atoms with Crippen molar-refractivity contribution in [2.45, 2.75) is 25.0 Å². The van der Waals surface area contributed by atoms with E-state index in [-0.39, 0.29) is 35.3 Å². The molecule has 2 aromatic rings. The van der Waals surface area contributed by atoms with Crippen molar-refractivity contribution in [3.8, 4) is 11.5 Å². The number of nitrogens with zero attached hydrogens (tertiary/aromatic N) is 1. The van der Waals surface area contributed by atoms with Crippen molar-refractivity contribution in [3.05, 3.63) is 64.2 Å². The second kappa shape index (κ2) is 9.22. The molecule has 1 amide bonds. The summed E-state index contributed by atoms with van der Waals surface area (Å²) in [4.78, 5) is 27.7. The Morgan fingerprint density at radius 2 is 1.88 bits per heavy atom. The molecule has 1 N–H and O–H groups in total. The Kier molecular flexibility index (Phi) is 6.39. The van der Waals surface area contributed by atoms with Crippen LogP contribution in [0.3, 0.4) is 0 Å². The minimum Gasteiger partial charge on any atom is -0.507 e. The first-order valence-corrected chi connectivity index (χ1v) is 10.7. The molecule has 2 unspecified atom stereocenters. The molecular weight excluding hydrogens is 434 g/mol. The molecule has 0 aromatic heterocycles. The number of hydrogen-bond donors (Lipinski definition) is 1. The van der Waals surface area contributed by atoms with E-state index in [0.29, 0.717) is 22.9 Å². The fourth-order valence-corrected chi connectivity index (χ4v) is 4.48. The third-order valence-corrected chi connectivity index (χ3v) is 6.10. The molecule has 2 aliphatic heterocycles. The van der Waals surface area contributed by atoms with E-state index < -0.39 is 17.7 Å². The maximum Gasteiger partial charge on any atom is 0.295 e. The van der Waals surface area contributed by atoms with Crippen molar-refractivity contribution in [2.75, 3.05) is 27.4 Å². The third-order valence-electron chi connectivity index (χ3n) is 5.81. The lowest BCUT2D eigenvalue weighted by Gasteiger charge is -2.27. The van der Waals surface area contributed by atoms with E-state index in [4.69, 9.17) is 25.8 Å². The Hall–Kier alpha value is -3.03. The average Bonchev–Trinajstić information content (AvgIpc) is 3.41. The molecular formula is C24H24ClNO6. The molecule has 0 radical (unpaired) electrons. The molecule has 8 heteroatoms. The molecule has 0 aliphatic carbocycles. The quantitative estimate of drug-likeness (QED) is 0.401.